The number of urea groups is 1. The van der Waals surface area contributed by atoms with Crippen molar-refractivity contribution in [1.82, 2.24) is 20.5 Å². The number of ether oxygens (including phenoxy) is 2. The Morgan fingerprint density at radius 3 is 2.62 bits per heavy atom. The maximum Gasteiger partial charge on any atom is 0.338 e. The summed E-state index contributed by atoms with van der Waals surface area (Å²) in [6.07, 6.45) is 1.79. The van der Waals surface area contributed by atoms with E-state index >= 15 is 0 Å². The minimum absolute atomic E-state index is 0.354. The van der Waals surface area contributed by atoms with Crippen molar-refractivity contribution in [1.29, 1.82) is 0 Å². The molecule has 1 aromatic carbocycles. The molecule has 2 amide bonds. The number of pyridine rings is 1. The van der Waals surface area contributed by atoms with E-state index in [-0.39, 0.29) is 6.03 Å². The van der Waals surface area contributed by atoms with Crippen LogP contribution in [0.15, 0.2) is 59.9 Å². The minimum atomic E-state index is -0.629. The van der Waals surface area contributed by atoms with Crippen LogP contribution in [0.1, 0.15) is 11.6 Å². The Bertz CT molecular complexity index is 1000. The third-order valence-electron chi connectivity index (χ3n) is 5.71. The van der Waals surface area contributed by atoms with E-state index in [1.807, 2.05) is 42.5 Å². The number of rotatable bonds is 6. The van der Waals surface area contributed by atoms with Crippen molar-refractivity contribution < 1.29 is 19.1 Å². The van der Waals surface area contributed by atoms with Crippen LogP contribution < -0.4 is 20.3 Å². The summed E-state index contributed by atoms with van der Waals surface area (Å²) in [7, 11) is 2.92. The lowest BCUT2D eigenvalue weighted by molar-refractivity contribution is -0.136. The molecule has 4 rings (SSSR count). The van der Waals surface area contributed by atoms with E-state index in [4.69, 9.17) is 9.47 Å². The zero-order chi connectivity index (χ0) is 22.5. The standard InChI is InChI=1S/C23H27N5O4/c1-31-17-7-5-6-16(14-17)21-20(22(29)32-2)18(25-23(30)26-21)15-27-10-12-28(13-11-27)19-8-3-4-9-24-19/h3-9,14,21H,10-13,15H2,1-2H3,(H2,25,26,30)/t21-/m0/s1. The number of esters is 1. The number of hydrogen-bond donors (Lipinski definition) is 2. The number of carbonyl (C=O) groups excluding carboxylic acids is 2. The highest BCUT2D eigenvalue weighted by Gasteiger charge is 2.34. The second-order valence-electron chi connectivity index (χ2n) is 7.64. The van der Waals surface area contributed by atoms with Crippen LogP contribution in [-0.2, 0) is 9.53 Å². The lowest BCUT2D eigenvalue weighted by atomic mass is 9.94. The smallest absolute Gasteiger partial charge is 0.338 e. The number of piperazine rings is 1. The number of anilines is 1. The van der Waals surface area contributed by atoms with Crippen molar-refractivity contribution in [3.8, 4) is 5.75 Å². The predicted molar refractivity (Wildman–Crippen MR) is 119 cm³/mol. The number of methoxy groups -OCH3 is 2. The molecule has 2 aliphatic rings. The maximum atomic E-state index is 12.8. The van der Waals surface area contributed by atoms with Crippen LogP contribution in [0.2, 0.25) is 0 Å². The van der Waals surface area contributed by atoms with Crippen molar-refractivity contribution in [2.24, 2.45) is 0 Å². The lowest BCUT2D eigenvalue weighted by Gasteiger charge is -2.37. The molecular formula is C23H27N5O4. The summed E-state index contributed by atoms with van der Waals surface area (Å²) in [5.41, 5.74) is 1.70. The third kappa shape index (κ3) is 4.67. The first-order chi connectivity index (χ1) is 15.6. The molecule has 1 aromatic heterocycles. The van der Waals surface area contributed by atoms with E-state index in [0.717, 1.165) is 37.6 Å². The van der Waals surface area contributed by atoms with E-state index in [9.17, 15) is 9.59 Å². The second-order valence-corrected chi connectivity index (χ2v) is 7.64. The van der Waals surface area contributed by atoms with Gasteiger partial charge < -0.3 is 25.0 Å². The summed E-state index contributed by atoms with van der Waals surface area (Å²) in [5.74, 6) is 1.12. The largest absolute Gasteiger partial charge is 0.497 e. The number of nitrogens with zero attached hydrogens (tertiary/aromatic N) is 3. The van der Waals surface area contributed by atoms with Gasteiger partial charge >= 0.3 is 12.0 Å². The van der Waals surface area contributed by atoms with Crippen LogP contribution in [0.25, 0.3) is 0 Å². The summed E-state index contributed by atoms with van der Waals surface area (Å²) >= 11 is 0. The van der Waals surface area contributed by atoms with Crippen molar-refractivity contribution in [3.05, 3.63) is 65.5 Å². The van der Waals surface area contributed by atoms with E-state index < -0.39 is 12.0 Å². The molecule has 2 N–H and O–H groups in total. The Balaban J connectivity index is 1.56. The van der Waals surface area contributed by atoms with Gasteiger partial charge in [-0.1, -0.05) is 18.2 Å². The van der Waals surface area contributed by atoms with Crippen molar-refractivity contribution in [3.63, 3.8) is 0 Å². The number of aromatic nitrogens is 1. The van der Waals surface area contributed by atoms with Gasteiger partial charge in [0.2, 0.25) is 0 Å². The van der Waals surface area contributed by atoms with Crippen LogP contribution in [0.3, 0.4) is 0 Å². The quantitative estimate of drug-likeness (QED) is 0.664. The molecule has 1 fully saturated rings. The molecule has 9 nitrogen and oxygen atoms in total. The van der Waals surface area contributed by atoms with Gasteiger partial charge in [0.1, 0.15) is 11.6 Å². The van der Waals surface area contributed by atoms with Crippen LogP contribution in [0.5, 0.6) is 5.75 Å². The van der Waals surface area contributed by atoms with Gasteiger partial charge in [-0.2, -0.15) is 0 Å². The van der Waals surface area contributed by atoms with Crippen molar-refractivity contribution >= 4 is 17.8 Å². The molecule has 9 heteroatoms. The molecule has 168 valence electrons. The molecule has 1 atom stereocenters. The second kappa shape index (κ2) is 9.69. The predicted octanol–water partition coefficient (Wildman–Crippen LogP) is 1.69. The van der Waals surface area contributed by atoms with E-state index in [1.165, 1.54) is 7.11 Å². The molecular weight excluding hydrogens is 410 g/mol. The normalized spacial score (nSPS) is 19.2. The minimum Gasteiger partial charge on any atom is -0.497 e. The lowest BCUT2D eigenvalue weighted by Crippen LogP contribution is -2.51. The first-order valence-electron chi connectivity index (χ1n) is 10.5. The number of nitrogens with one attached hydrogen (secondary N) is 2. The fraction of sp³-hybridized carbons (Fsp3) is 0.348. The van der Waals surface area contributed by atoms with Crippen LogP contribution in [0, 0.1) is 0 Å². The average molecular weight is 438 g/mol. The van der Waals surface area contributed by atoms with Gasteiger partial charge in [-0.05, 0) is 29.8 Å². The molecule has 32 heavy (non-hydrogen) atoms. The topological polar surface area (TPSA) is 96.0 Å². The fourth-order valence-electron chi connectivity index (χ4n) is 4.06. The van der Waals surface area contributed by atoms with Gasteiger partial charge in [0.05, 0.1) is 25.8 Å². The Kier molecular flexibility index (Phi) is 6.55. The SMILES string of the molecule is COC(=O)C1=C(CN2CCN(c3ccccn3)CC2)NC(=O)N[C@H]1c1cccc(OC)c1. The monoisotopic (exact) mass is 437 g/mol. The highest BCUT2D eigenvalue weighted by atomic mass is 16.5. The molecule has 0 bridgehead atoms. The maximum absolute atomic E-state index is 12.8. The fourth-order valence-corrected chi connectivity index (χ4v) is 4.06. The van der Waals surface area contributed by atoms with E-state index in [1.54, 1.807) is 13.3 Å². The number of amides is 2. The van der Waals surface area contributed by atoms with Crippen LogP contribution in [-0.4, -0.2) is 68.8 Å². The Morgan fingerprint density at radius 1 is 1.12 bits per heavy atom. The van der Waals surface area contributed by atoms with Crippen LogP contribution >= 0.6 is 0 Å². The summed E-state index contributed by atoms with van der Waals surface area (Å²) in [5, 5.41) is 5.68. The summed E-state index contributed by atoms with van der Waals surface area (Å²) in [4.78, 5) is 34.1. The van der Waals surface area contributed by atoms with Gasteiger partial charge in [0, 0.05) is 44.6 Å². The Labute approximate surface area is 187 Å². The molecule has 0 saturated carbocycles. The molecule has 0 radical (unpaired) electrons. The molecule has 2 aliphatic heterocycles. The Hall–Kier alpha value is -3.59. The summed E-state index contributed by atoms with van der Waals surface area (Å²) in [6, 6.07) is 12.2. The summed E-state index contributed by atoms with van der Waals surface area (Å²) in [6.45, 7) is 3.62. The molecule has 3 heterocycles. The van der Waals surface area contributed by atoms with Gasteiger partial charge in [0.25, 0.3) is 0 Å². The molecule has 0 unspecified atom stereocenters. The highest BCUT2D eigenvalue weighted by molar-refractivity contribution is 5.95. The van der Waals surface area contributed by atoms with E-state index in [2.05, 4.69) is 25.4 Å². The zero-order valence-electron chi connectivity index (χ0n) is 18.2. The molecule has 0 aliphatic carbocycles. The highest BCUT2D eigenvalue weighted by Crippen LogP contribution is 2.30. The van der Waals surface area contributed by atoms with Gasteiger partial charge in [-0.3, -0.25) is 4.90 Å². The van der Waals surface area contributed by atoms with Crippen molar-refractivity contribution in [2.45, 2.75) is 6.04 Å². The van der Waals surface area contributed by atoms with Crippen LogP contribution in [0.4, 0.5) is 10.6 Å². The summed E-state index contributed by atoms with van der Waals surface area (Å²) < 4.78 is 10.4. The third-order valence-corrected chi connectivity index (χ3v) is 5.71. The molecule has 0 spiro atoms. The molecule has 1 saturated heterocycles. The van der Waals surface area contributed by atoms with Gasteiger partial charge in [-0.15, -0.1) is 0 Å². The Morgan fingerprint density at radius 2 is 1.94 bits per heavy atom. The number of carbonyl (C=O) groups is 2. The number of hydrogen-bond acceptors (Lipinski definition) is 7. The van der Waals surface area contributed by atoms with Gasteiger partial charge in [0.15, 0.2) is 0 Å². The zero-order valence-corrected chi connectivity index (χ0v) is 18.2. The van der Waals surface area contributed by atoms with Gasteiger partial charge in [-0.25, -0.2) is 14.6 Å². The number of benzene rings is 1. The van der Waals surface area contributed by atoms with E-state index in [0.29, 0.717) is 23.6 Å². The first-order valence-corrected chi connectivity index (χ1v) is 10.5. The van der Waals surface area contributed by atoms with Crippen molar-refractivity contribution in [2.75, 3.05) is 51.8 Å². The first kappa shape index (κ1) is 21.6. The average Bonchev–Trinajstić information content (AvgIpc) is 2.84. The molecule has 2 aromatic rings.